The minimum Gasteiger partial charge on any atom is -0.463 e. The van der Waals surface area contributed by atoms with E-state index in [1.807, 2.05) is 20.8 Å². The van der Waals surface area contributed by atoms with Crippen molar-refractivity contribution in [1.29, 1.82) is 0 Å². The van der Waals surface area contributed by atoms with E-state index >= 15 is 0 Å². The molecule has 3 heterocycles. The fourth-order valence-corrected chi connectivity index (χ4v) is 2.85. The van der Waals surface area contributed by atoms with Crippen molar-refractivity contribution in [1.82, 2.24) is 20.4 Å². The van der Waals surface area contributed by atoms with E-state index in [1.165, 1.54) is 0 Å². The molecule has 3 rings (SSSR count). The van der Waals surface area contributed by atoms with E-state index in [0.717, 1.165) is 0 Å². The number of hydrogen-bond donors (Lipinski definition) is 2. The van der Waals surface area contributed by atoms with Crippen LogP contribution in [0.3, 0.4) is 0 Å². The summed E-state index contributed by atoms with van der Waals surface area (Å²) in [5.41, 5.74) is 0.502. The minimum absolute atomic E-state index is 0.00626. The van der Waals surface area contributed by atoms with Gasteiger partial charge >= 0.3 is 6.09 Å². The second-order valence-corrected chi connectivity index (χ2v) is 7.36. The Kier molecular flexibility index (Phi) is 5.01. The maximum absolute atomic E-state index is 12.6. The minimum atomic E-state index is -0.521. The molecule has 140 valence electrons. The molecule has 0 aromatic carbocycles. The molecule has 1 aliphatic heterocycles. The summed E-state index contributed by atoms with van der Waals surface area (Å²) in [6.07, 6.45) is 2.51. The van der Waals surface area contributed by atoms with Crippen LogP contribution in [0.5, 0.6) is 0 Å². The first-order valence-corrected chi connectivity index (χ1v) is 8.70. The topological polar surface area (TPSA) is 100 Å². The Labute approximate surface area is 151 Å². The molecule has 0 radical (unpaired) electrons. The molecule has 2 aromatic heterocycles. The van der Waals surface area contributed by atoms with Gasteiger partial charge in [0.15, 0.2) is 11.5 Å². The van der Waals surface area contributed by atoms with Crippen LogP contribution in [0, 0.1) is 0 Å². The number of piperidine rings is 1. The summed E-state index contributed by atoms with van der Waals surface area (Å²) in [4.78, 5) is 26.2. The highest BCUT2D eigenvalue weighted by molar-refractivity contribution is 5.93. The van der Waals surface area contributed by atoms with Gasteiger partial charge in [0, 0.05) is 25.2 Å². The van der Waals surface area contributed by atoms with Gasteiger partial charge in [-0.05, 0) is 45.7 Å². The monoisotopic (exact) mass is 360 g/mol. The van der Waals surface area contributed by atoms with Crippen molar-refractivity contribution in [2.45, 2.75) is 45.3 Å². The van der Waals surface area contributed by atoms with E-state index in [-0.39, 0.29) is 11.9 Å². The van der Waals surface area contributed by atoms with E-state index in [1.54, 1.807) is 29.4 Å². The average molecular weight is 360 g/mol. The summed E-state index contributed by atoms with van der Waals surface area (Å²) in [5.74, 6) is 0.506. The molecular formula is C18H24N4O4. The number of alkyl carbamates (subject to hydrolysis) is 1. The van der Waals surface area contributed by atoms with Gasteiger partial charge in [-0.3, -0.25) is 9.89 Å². The van der Waals surface area contributed by atoms with Gasteiger partial charge in [-0.15, -0.1) is 0 Å². The van der Waals surface area contributed by atoms with Crippen LogP contribution < -0.4 is 5.32 Å². The lowest BCUT2D eigenvalue weighted by atomic mass is 10.0. The SMILES string of the molecule is CC(C)(C)OC(=O)NC1CCN(C(=O)c2cc(-c3ccco3)[nH]n2)CC1. The number of aromatic amines is 1. The summed E-state index contributed by atoms with van der Waals surface area (Å²) in [6, 6.07) is 5.27. The van der Waals surface area contributed by atoms with Gasteiger partial charge in [-0.1, -0.05) is 0 Å². The smallest absolute Gasteiger partial charge is 0.407 e. The standard InChI is InChI=1S/C18H24N4O4/c1-18(2,3)26-17(24)19-12-6-8-22(9-7-12)16(23)14-11-13(20-21-14)15-5-4-10-25-15/h4-5,10-12H,6-9H2,1-3H3,(H,19,24)(H,20,21). The second-order valence-electron chi connectivity index (χ2n) is 7.36. The van der Waals surface area contributed by atoms with E-state index in [4.69, 9.17) is 9.15 Å². The van der Waals surface area contributed by atoms with Gasteiger partial charge in [0.05, 0.1) is 6.26 Å². The van der Waals surface area contributed by atoms with Crippen LogP contribution in [0.2, 0.25) is 0 Å². The summed E-state index contributed by atoms with van der Waals surface area (Å²) < 4.78 is 10.6. The van der Waals surface area contributed by atoms with E-state index in [0.29, 0.717) is 43.1 Å². The maximum Gasteiger partial charge on any atom is 0.407 e. The fraction of sp³-hybridized carbons (Fsp3) is 0.500. The Morgan fingerprint density at radius 2 is 2.08 bits per heavy atom. The molecule has 8 nitrogen and oxygen atoms in total. The molecule has 0 saturated carbocycles. The Bertz CT molecular complexity index is 753. The number of rotatable bonds is 3. The van der Waals surface area contributed by atoms with Crippen LogP contribution in [0.4, 0.5) is 4.79 Å². The molecule has 1 fully saturated rings. The third kappa shape index (κ3) is 4.44. The Balaban J connectivity index is 1.52. The van der Waals surface area contributed by atoms with E-state index in [9.17, 15) is 9.59 Å². The van der Waals surface area contributed by atoms with Crippen molar-refractivity contribution in [3.05, 3.63) is 30.2 Å². The first kappa shape index (κ1) is 18.0. The number of nitrogens with one attached hydrogen (secondary N) is 2. The van der Waals surface area contributed by atoms with Gasteiger partial charge < -0.3 is 19.4 Å². The van der Waals surface area contributed by atoms with Crippen molar-refractivity contribution in [3.8, 4) is 11.5 Å². The average Bonchev–Trinajstić information content (AvgIpc) is 3.24. The lowest BCUT2D eigenvalue weighted by molar-refractivity contribution is 0.0473. The van der Waals surface area contributed by atoms with Crippen LogP contribution in [-0.2, 0) is 4.74 Å². The van der Waals surface area contributed by atoms with Crippen LogP contribution >= 0.6 is 0 Å². The number of H-pyrrole nitrogens is 1. The maximum atomic E-state index is 12.6. The highest BCUT2D eigenvalue weighted by atomic mass is 16.6. The molecule has 0 aliphatic carbocycles. The Morgan fingerprint density at radius 3 is 2.69 bits per heavy atom. The highest BCUT2D eigenvalue weighted by Gasteiger charge is 2.27. The zero-order chi connectivity index (χ0) is 18.7. The normalized spacial score (nSPS) is 15.7. The molecule has 0 bridgehead atoms. The molecule has 2 N–H and O–H groups in total. The van der Waals surface area contributed by atoms with E-state index < -0.39 is 11.7 Å². The quantitative estimate of drug-likeness (QED) is 0.876. The summed E-state index contributed by atoms with van der Waals surface area (Å²) in [5, 5.41) is 9.77. The number of ether oxygens (including phenoxy) is 1. The van der Waals surface area contributed by atoms with Crippen molar-refractivity contribution >= 4 is 12.0 Å². The predicted octanol–water partition coefficient (Wildman–Crippen LogP) is 2.80. The van der Waals surface area contributed by atoms with Crippen molar-refractivity contribution in [2.24, 2.45) is 0 Å². The number of likely N-dealkylation sites (tertiary alicyclic amines) is 1. The molecule has 2 aromatic rings. The van der Waals surface area contributed by atoms with Crippen LogP contribution in [0.1, 0.15) is 44.1 Å². The van der Waals surface area contributed by atoms with Crippen LogP contribution in [0.15, 0.2) is 28.9 Å². The number of furan rings is 1. The largest absolute Gasteiger partial charge is 0.463 e. The Morgan fingerprint density at radius 1 is 1.35 bits per heavy atom. The van der Waals surface area contributed by atoms with Gasteiger partial charge in [0.1, 0.15) is 11.3 Å². The zero-order valence-electron chi connectivity index (χ0n) is 15.2. The molecule has 0 spiro atoms. The van der Waals surface area contributed by atoms with Crippen molar-refractivity contribution in [3.63, 3.8) is 0 Å². The highest BCUT2D eigenvalue weighted by Crippen LogP contribution is 2.20. The van der Waals surface area contributed by atoms with Crippen LogP contribution in [-0.4, -0.2) is 51.8 Å². The van der Waals surface area contributed by atoms with E-state index in [2.05, 4.69) is 15.5 Å². The molecular weight excluding hydrogens is 336 g/mol. The number of carbonyl (C=O) groups is 2. The molecule has 2 amide bonds. The van der Waals surface area contributed by atoms with Gasteiger partial charge in [-0.2, -0.15) is 5.10 Å². The number of carbonyl (C=O) groups excluding carboxylic acids is 2. The summed E-state index contributed by atoms with van der Waals surface area (Å²) in [6.45, 7) is 6.60. The molecule has 1 aliphatic rings. The van der Waals surface area contributed by atoms with Crippen molar-refractivity contribution < 1.29 is 18.7 Å². The number of nitrogens with zero attached hydrogens (tertiary/aromatic N) is 2. The van der Waals surface area contributed by atoms with Gasteiger partial charge in [-0.25, -0.2) is 4.79 Å². The van der Waals surface area contributed by atoms with Gasteiger partial charge in [0.25, 0.3) is 5.91 Å². The zero-order valence-corrected chi connectivity index (χ0v) is 15.2. The lowest BCUT2D eigenvalue weighted by Crippen LogP contribution is -2.47. The molecule has 8 heteroatoms. The first-order chi connectivity index (χ1) is 12.3. The third-order valence-corrected chi connectivity index (χ3v) is 4.09. The van der Waals surface area contributed by atoms with Crippen molar-refractivity contribution in [2.75, 3.05) is 13.1 Å². The molecule has 0 atom stereocenters. The number of aromatic nitrogens is 2. The third-order valence-electron chi connectivity index (χ3n) is 4.09. The molecule has 0 unspecified atom stereocenters. The molecule has 1 saturated heterocycles. The second kappa shape index (κ2) is 7.23. The first-order valence-electron chi connectivity index (χ1n) is 8.70. The summed E-state index contributed by atoms with van der Waals surface area (Å²) >= 11 is 0. The lowest BCUT2D eigenvalue weighted by Gasteiger charge is -2.32. The van der Waals surface area contributed by atoms with Gasteiger partial charge in [0.2, 0.25) is 0 Å². The van der Waals surface area contributed by atoms with Crippen LogP contribution in [0.25, 0.3) is 11.5 Å². The summed E-state index contributed by atoms with van der Waals surface area (Å²) in [7, 11) is 0. The Hall–Kier alpha value is -2.77. The molecule has 26 heavy (non-hydrogen) atoms. The number of amides is 2. The number of hydrogen-bond acceptors (Lipinski definition) is 5. The predicted molar refractivity (Wildman–Crippen MR) is 94.6 cm³/mol. The fourth-order valence-electron chi connectivity index (χ4n) is 2.85.